The first kappa shape index (κ1) is 15.5. The number of carbonyl (C=O) groups is 1. The molecule has 18 heavy (non-hydrogen) atoms. The minimum atomic E-state index is -0.965. The van der Waals surface area contributed by atoms with Crippen molar-refractivity contribution in [1.29, 1.82) is 0 Å². The molecule has 0 spiro atoms. The van der Waals surface area contributed by atoms with Crippen LogP contribution in [0.15, 0.2) is 22.7 Å². The molecular weight excluding hydrogens is 316 g/mol. The number of hydrogen-bond acceptors (Lipinski definition) is 2. The zero-order valence-corrected chi connectivity index (χ0v) is 13.1. The summed E-state index contributed by atoms with van der Waals surface area (Å²) in [5.74, 6) is -0.438. The molecule has 0 saturated heterocycles. The number of halogens is 2. The van der Waals surface area contributed by atoms with Gasteiger partial charge in [-0.05, 0) is 38.0 Å². The van der Waals surface area contributed by atoms with Gasteiger partial charge in [0.15, 0.2) is 0 Å². The number of benzene rings is 1. The zero-order chi connectivity index (χ0) is 13.9. The lowest BCUT2D eigenvalue weighted by Crippen LogP contribution is -2.53. The quantitative estimate of drug-likeness (QED) is 0.869. The average Bonchev–Trinajstić information content (AvgIpc) is 2.28. The van der Waals surface area contributed by atoms with E-state index in [1.165, 1.54) is 0 Å². The molecule has 1 rings (SSSR count). The summed E-state index contributed by atoms with van der Waals surface area (Å²) in [6.45, 7) is 5.81. The van der Waals surface area contributed by atoms with E-state index in [1.807, 2.05) is 26.0 Å². The lowest BCUT2D eigenvalue weighted by molar-refractivity contribution is -0.124. The summed E-state index contributed by atoms with van der Waals surface area (Å²) in [5.41, 5.74) is 5.27. The van der Waals surface area contributed by atoms with Crippen LogP contribution in [0.4, 0.5) is 0 Å². The summed E-state index contributed by atoms with van der Waals surface area (Å²) in [4.78, 5) is 11.8. The Labute approximate surface area is 121 Å². The summed E-state index contributed by atoms with van der Waals surface area (Å²) in [7, 11) is 0. The molecule has 2 atom stereocenters. The van der Waals surface area contributed by atoms with Crippen LogP contribution >= 0.6 is 27.5 Å². The maximum absolute atomic E-state index is 11.8. The minimum absolute atomic E-state index is 0.169. The van der Waals surface area contributed by atoms with Crippen molar-refractivity contribution in [3.05, 3.63) is 33.3 Å². The standard InChI is InChI=1S/C13H18BrClN2O/c1-4-8(2)17-13(3,12(16)18)10-6-5-9(14)7-11(10)15/h5-8,17H,4H2,1-3H3,(H2,16,18). The Morgan fingerprint density at radius 1 is 1.61 bits per heavy atom. The summed E-state index contributed by atoms with van der Waals surface area (Å²) < 4.78 is 0.867. The second kappa shape index (κ2) is 6.04. The first-order valence-corrected chi connectivity index (χ1v) is 7.01. The molecular formula is C13H18BrClN2O. The molecule has 1 amide bonds. The lowest BCUT2D eigenvalue weighted by Gasteiger charge is -2.32. The molecule has 2 unspecified atom stereocenters. The highest BCUT2D eigenvalue weighted by molar-refractivity contribution is 9.10. The predicted molar refractivity (Wildman–Crippen MR) is 78.6 cm³/mol. The molecule has 100 valence electrons. The first-order chi connectivity index (χ1) is 8.31. The Morgan fingerprint density at radius 2 is 2.22 bits per heavy atom. The van der Waals surface area contributed by atoms with Crippen LogP contribution in [0.25, 0.3) is 0 Å². The molecule has 0 aliphatic heterocycles. The maximum Gasteiger partial charge on any atom is 0.242 e. The van der Waals surface area contributed by atoms with Crippen molar-refractivity contribution in [2.45, 2.75) is 38.8 Å². The smallest absolute Gasteiger partial charge is 0.242 e. The van der Waals surface area contributed by atoms with E-state index in [0.717, 1.165) is 10.9 Å². The highest BCUT2D eigenvalue weighted by Gasteiger charge is 2.35. The molecule has 3 nitrogen and oxygen atoms in total. The van der Waals surface area contributed by atoms with Gasteiger partial charge in [-0.2, -0.15) is 0 Å². The van der Waals surface area contributed by atoms with Gasteiger partial charge in [0.2, 0.25) is 5.91 Å². The molecule has 0 bridgehead atoms. The summed E-state index contributed by atoms with van der Waals surface area (Å²) in [5, 5.41) is 3.76. The van der Waals surface area contributed by atoms with Gasteiger partial charge in [0.25, 0.3) is 0 Å². The summed E-state index contributed by atoms with van der Waals surface area (Å²) >= 11 is 9.55. The van der Waals surface area contributed by atoms with Gasteiger partial charge >= 0.3 is 0 Å². The van der Waals surface area contributed by atoms with E-state index in [-0.39, 0.29) is 6.04 Å². The number of carbonyl (C=O) groups excluding carboxylic acids is 1. The summed E-state index contributed by atoms with van der Waals surface area (Å²) in [6.07, 6.45) is 0.900. The molecule has 0 heterocycles. The van der Waals surface area contributed by atoms with E-state index in [0.29, 0.717) is 10.6 Å². The van der Waals surface area contributed by atoms with Crippen LogP contribution in [0.2, 0.25) is 5.02 Å². The maximum atomic E-state index is 11.8. The van der Waals surface area contributed by atoms with Gasteiger partial charge in [-0.3, -0.25) is 10.1 Å². The van der Waals surface area contributed by atoms with Crippen LogP contribution in [0.3, 0.4) is 0 Å². The van der Waals surface area contributed by atoms with Crippen LogP contribution in [-0.2, 0) is 10.3 Å². The van der Waals surface area contributed by atoms with E-state index in [1.54, 1.807) is 13.0 Å². The van der Waals surface area contributed by atoms with Crippen molar-refractivity contribution in [2.75, 3.05) is 0 Å². The molecule has 0 saturated carbocycles. The van der Waals surface area contributed by atoms with Crippen LogP contribution in [0.1, 0.15) is 32.8 Å². The van der Waals surface area contributed by atoms with Crippen molar-refractivity contribution < 1.29 is 4.79 Å². The van der Waals surface area contributed by atoms with Crippen molar-refractivity contribution in [3.8, 4) is 0 Å². The fourth-order valence-corrected chi connectivity index (χ4v) is 2.63. The third-order valence-electron chi connectivity index (χ3n) is 3.11. The third-order valence-corrected chi connectivity index (χ3v) is 3.92. The third kappa shape index (κ3) is 3.25. The Morgan fingerprint density at radius 3 is 2.67 bits per heavy atom. The molecule has 0 radical (unpaired) electrons. The van der Waals surface area contributed by atoms with Gasteiger partial charge in [-0.15, -0.1) is 0 Å². The molecule has 1 aromatic carbocycles. The van der Waals surface area contributed by atoms with Crippen molar-refractivity contribution >= 4 is 33.4 Å². The SMILES string of the molecule is CCC(C)NC(C)(C(N)=O)c1ccc(Br)cc1Cl. The Balaban J connectivity index is 3.22. The van der Waals surface area contributed by atoms with E-state index in [2.05, 4.69) is 21.2 Å². The van der Waals surface area contributed by atoms with Gasteiger partial charge in [0.05, 0.1) is 0 Å². The second-order valence-electron chi connectivity index (χ2n) is 4.57. The molecule has 0 aliphatic carbocycles. The molecule has 0 fully saturated rings. The minimum Gasteiger partial charge on any atom is -0.368 e. The predicted octanol–water partition coefficient (Wildman–Crippen LogP) is 3.19. The largest absolute Gasteiger partial charge is 0.368 e. The van der Waals surface area contributed by atoms with Gasteiger partial charge < -0.3 is 5.73 Å². The second-order valence-corrected chi connectivity index (χ2v) is 5.89. The van der Waals surface area contributed by atoms with Crippen molar-refractivity contribution in [1.82, 2.24) is 5.32 Å². The van der Waals surface area contributed by atoms with Crippen molar-refractivity contribution in [2.24, 2.45) is 5.73 Å². The zero-order valence-electron chi connectivity index (χ0n) is 10.8. The number of primary amides is 1. The number of nitrogens with two attached hydrogens (primary N) is 1. The highest BCUT2D eigenvalue weighted by Crippen LogP contribution is 2.31. The van der Waals surface area contributed by atoms with Crippen LogP contribution < -0.4 is 11.1 Å². The Bertz CT molecular complexity index is 453. The lowest BCUT2D eigenvalue weighted by atomic mass is 9.90. The number of amides is 1. The van der Waals surface area contributed by atoms with E-state index >= 15 is 0 Å². The fraction of sp³-hybridized carbons (Fsp3) is 0.462. The average molecular weight is 334 g/mol. The van der Waals surface area contributed by atoms with Crippen LogP contribution in [0.5, 0.6) is 0 Å². The number of hydrogen-bond donors (Lipinski definition) is 2. The van der Waals surface area contributed by atoms with E-state index in [9.17, 15) is 4.79 Å². The van der Waals surface area contributed by atoms with E-state index < -0.39 is 11.4 Å². The molecule has 5 heteroatoms. The van der Waals surface area contributed by atoms with Crippen LogP contribution in [0, 0.1) is 0 Å². The topological polar surface area (TPSA) is 55.1 Å². The summed E-state index contributed by atoms with van der Waals surface area (Å²) in [6, 6.07) is 5.59. The first-order valence-electron chi connectivity index (χ1n) is 5.84. The van der Waals surface area contributed by atoms with E-state index in [4.69, 9.17) is 17.3 Å². The number of rotatable bonds is 5. The van der Waals surface area contributed by atoms with Gasteiger partial charge in [0.1, 0.15) is 5.54 Å². The monoisotopic (exact) mass is 332 g/mol. The Hall–Kier alpha value is -0.580. The fourth-order valence-electron chi connectivity index (χ4n) is 1.77. The molecule has 3 N–H and O–H groups in total. The highest BCUT2D eigenvalue weighted by atomic mass is 79.9. The molecule has 1 aromatic rings. The number of nitrogens with one attached hydrogen (secondary N) is 1. The van der Waals surface area contributed by atoms with Crippen molar-refractivity contribution in [3.63, 3.8) is 0 Å². The molecule has 0 aliphatic rings. The van der Waals surface area contributed by atoms with Gasteiger partial charge in [-0.1, -0.05) is 40.5 Å². The van der Waals surface area contributed by atoms with Crippen LogP contribution in [-0.4, -0.2) is 11.9 Å². The Kier molecular flexibility index (Phi) is 5.20. The molecule has 0 aromatic heterocycles. The van der Waals surface area contributed by atoms with Gasteiger partial charge in [-0.25, -0.2) is 0 Å². The normalized spacial score (nSPS) is 16.1. The van der Waals surface area contributed by atoms with Gasteiger partial charge in [0, 0.05) is 15.5 Å².